The number of quaternary nitrogens is 1. The highest BCUT2D eigenvalue weighted by atomic mass is 32.2. The van der Waals surface area contributed by atoms with Gasteiger partial charge in [0.05, 0.1) is 79.2 Å². The normalized spacial score (nSPS) is 17.0. The summed E-state index contributed by atoms with van der Waals surface area (Å²) in [4.78, 5) is 100. The van der Waals surface area contributed by atoms with Crippen molar-refractivity contribution in [2.24, 2.45) is 5.11 Å². The first-order chi connectivity index (χ1) is 32.6. The molecule has 0 aliphatic carbocycles. The molecule has 0 aromatic carbocycles. The highest BCUT2D eigenvalue weighted by Crippen LogP contribution is 2.33. The van der Waals surface area contributed by atoms with Gasteiger partial charge in [0, 0.05) is 61.6 Å². The fourth-order valence-electron chi connectivity index (χ4n) is 7.18. The second kappa shape index (κ2) is 35.2. The van der Waals surface area contributed by atoms with Crippen molar-refractivity contribution < 1.29 is 62.2 Å². The zero-order valence-electron chi connectivity index (χ0n) is 40.1. The van der Waals surface area contributed by atoms with Crippen molar-refractivity contribution in [2.75, 3.05) is 106 Å². The lowest BCUT2D eigenvalue weighted by atomic mass is 10.0. The standard InChI is InChI=1S/C43H76N12O12S/c1-55(2,3)20-10-8-13-31(50-38(59)29-49-54-44)41(62)48-28-37(58)51-32(27-39(60)61)42(63)47-17-9-4-5-15-35(56)45-18-11-21-65-23-25-67-26-24-66-22-12-19-46-36(57)16-7-6-14-34-40-33(30-68-34)52-43(64)53-40/h31-34,40H,4-30H2,1-3H3,(H8-,45,46,47,48,50,51,52,53,56,57,58,59,60,61,62,63,64)/p+1/t31-,32-,33-,34-,40-/m0/s1. The van der Waals surface area contributed by atoms with Gasteiger partial charge >= 0.3 is 12.0 Å². The summed E-state index contributed by atoms with van der Waals surface area (Å²) in [6, 6.07) is -2.07. The van der Waals surface area contributed by atoms with Gasteiger partial charge in [0.25, 0.3) is 0 Å². The Hall–Kier alpha value is -4.94. The largest absolute Gasteiger partial charge is 0.481 e. The number of nitrogens with zero attached hydrogens (tertiary/aromatic N) is 4. The Morgan fingerprint density at radius 2 is 1.31 bits per heavy atom. The Balaban J connectivity index is 1.43. The van der Waals surface area contributed by atoms with Crippen LogP contribution in [0.5, 0.6) is 0 Å². The van der Waals surface area contributed by atoms with Crippen molar-refractivity contribution >= 4 is 59.2 Å². The number of amides is 8. The molecular formula is C43H77N12O12S+. The van der Waals surface area contributed by atoms with Crippen molar-refractivity contribution in [2.45, 2.75) is 119 Å². The van der Waals surface area contributed by atoms with Crippen LogP contribution in [0.15, 0.2) is 5.11 Å². The van der Waals surface area contributed by atoms with E-state index >= 15 is 0 Å². The van der Waals surface area contributed by atoms with Crippen molar-refractivity contribution in [1.82, 2.24) is 42.5 Å². The number of ether oxygens (including phenoxy) is 3. The van der Waals surface area contributed by atoms with Crippen LogP contribution in [0.4, 0.5) is 4.79 Å². The quantitative estimate of drug-likeness (QED) is 0.00991. The van der Waals surface area contributed by atoms with Gasteiger partial charge in [-0.3, -0.25) is 33.6 Å². The second-order valence-electron chi connectivity index (χ2n) is 17.7. The number of nitrogens with one attached hydrogen (secondary N) is 8. The molecular weight excluding hydrogens is 909 g/mol. The van der Waals surface area contributed by atoms with E-state index in [0.29, 0.717) is 114 Å². The molecule has 0 radical (unpaired) electrons. The van der Waals surface area contributed by atoms with Crippen molar-refractivity contribution in [3.63, 3.8) is 0 Å². The Bertz CT molecular complexity index is 1630. The lowest BCUT2D eigenvalue weighted by Gasteiger charge is -2.24. The molecule has 2 fully saturated rings. The molecule has 25 heteroatoms. The zero-order chi connectivity index (χ0) is 50.0. The maximum absolute atomic E-state index is 12.9. The van der Waals surface area contributed by atoms with Gasteiger partial charge in [-0.25, -0.2) is 4.79 Å². The van der Waals surface area contributed by atoms with Crippen molar-refractivity contribution in [3.05, 3.63) is 10.4 Å². The zero-order valence-corrected chi connectivity index (χ0v) is 40.9. The van der Waals surface area contributed by atoms with E-state index in [2.05, 4.69) is 52.6 Å². The maximum Gasteiger partial charge on any atom is 0.315 e. The lowest BCUT2D eigenvalue weighted by Crippen LogP contribution is -2.53. The van der Waals surface area contributed by atoms with Gasteiger partial charge in [0.2, 0.25) is 35.4 Å². The minimum absolute atomic E-state index is 0.0432. The number of thioether (sulfide) groups is 1. The molecule has 2 aliphatic rings. The molecule has 2 heterocycles. The molecule has 0 aromatic rings. The highest BCUT2D eigenvalue weighted by molar-refractivity contribution is 8.00. The van der Waals surface area contributed by atoms with Gasteiger partial charge in [-0.2, -0.15) is 11.8 Å². The van der Waals surface area contributed by atoms with Crippen LogP contribution in [-0.2, 0) is 47.8 Å². The van der Waals surface area contributed by atoms with E-state index in [9.17, 15) is 43.5 Å². The Morgan fingerprint density at radius 3 is 1.93 bits per heavy atom. The van der Waals surface area contributed by atoms with Crippen LogP contribution in [0.1, 0.15) is 89.9 Å². The molecule has 0 bridgehead atoms. The van der Waals surface area contributed by atoms with Gasteiger partial charge in [0.15, 0.2) is 0 Å². The summed E-state index contributed by atoms with van der Waals surface area (Å²) < 4.78 is 17.3. The summed E-state index contributed by atoms with van der Waals surface area (Å²) in [5.74, 6) is -3.30. The minimum atomic E-state index is -1.40. The third kappa shape index (κ3) is 29.1. The van der Waals surface area contributed by atoms with Gasteiger partial charge in [-0.15, -0.1) is 0 Å². The molecule has 5 atom stereocenters. The highest BCUT2D eigenvalue weighted by Gasteiger charge is 2.42. The summed E-state index contributed by atoms with van der Waals surface area (Å²) in [6.07, 6.45) is 7.51. The average molecular weight is 986 g/mol. The van der Waals surface area contributed by atoms with Crippen LogP contribution in [0.2, 0.25) is 0 Å². The number of aliphatic carboxylic acids is 1. The first kappa shape index (κ1) is 59.2. The summed E-state index contributed by atoms with van der Waals surface area (Å²) in [7, 11) is 6.07. The van der Waals surface area contributed by atoms with Gasteiger partial charge in [0.1, 0.15) is 18.6 Å². The second-order valence-corrected chi connectivity index (χ2v) is 18.9. The molecule has 2 aliphatic heterocycles. The van der Waals surface area contributed by atoms with E-state index in [-0.39, 0.29) is 42.9 Å². The van der Waals surface area contributed by atoms with Crippen molar-refractivity contribution in [3.8, 4) is 0 Å². The van der Waals surface area contributed by atoms with Crippen LogP contribution >= 0.6 is 11.8 Å². The smallest absolute Gasteiger partial charge is 0.315 e. The summed E-state index contributed by atoms with van der Waals surface area (Å²) in [6.45, 7) is 3.62. The molecule has 0 saturated carbocycles. The number of rotatable bonds is 40. The molecule has 0 aromatic heterocycles. The van der Waals surface area contributed by atoms with E-state index in [0.717, 1.165) is 38.0 Å². The number of carboxylic acids is 1. The van der Waals surface area contributed by atoms with E-state index in [1.165, 1.54) is 0 Å². The van der Waals surface area contributed by atoms with E-state index in [4.69, 9.17) is 19.7 Å². The monoisotopic (exact) mass is 986 g/mol. The van der Waals surface area contributed by atoms with Gasteiger partial charge < -0.3 is 66.3 Å². The molecule has 2 rings (SSSR count). The van der Waals surface area contributed by atoms with E-state index < -0.39 is 61.2 Å². The predicted octanol–water partition coefficient (Wildman–Crippen LogP) is 0.198. The molecule has 386 valence electrons. The SMILES string of the molecule is C[N+](C)(C)CCCC[C@H](NC(=O)CN=[N+]=[N-])C(=O)NCC(=O)N[C@@H](CC(=O)O)C(=O)NCCCCCC(=O)NCCCOCCOCCOCCCNC(=O)CCCC[C@@H]1SC[C@@H]2NC(=O)N[C@@H]21. The van der Waals surface area contributed by atoms with Crippen LogP contribution in [0, 0.1) is 0 Å². The van der Waals surface area contributed by atoms with Crippen LogP contribution in [0.3, 0.4) is 0 Å². The summed E-state index contributed by atoms with van der Waals surface area (Å²) in [5.41, 5.74) is 8.49. The van der Waals surface area contributed by atoms with Gasteiger partial charge in [-0.1, -0.05) is 18.0 Å². The molecule has 0 spiro atoms. The third-order valence-corrected chi connectivity index (χ3v) is 12.2. The number of urea groups is 1. The number of hydrogen-bond acceptors (Lipinski definition) is 13. The molecule has 68 heavy (non-hydrogen) atoms. The van der Waals surface area contributed by atoms with Crippen LogP contribution in [0.25, 0.3) is 10.4 Å². The fraction of sp³-hybridized carbons (Fsp3) is 0.814. The molecule has 8 amide bonds. The number of carbonyl (C=O) groups excluding carboxylic acids is 7. The lowest BCUT2D eigenvalue weighted by molar-refractivity contribution is -0.870. The fourth-order valence-corrected chi connectivity index (χ4v) is 8.72. The Labute approximate surface area is 403 Å². The minimum Gasteiger partial charge on any atom is -0.481 e. The Kier molecular flexibility index (Phi) is 30.6. The molecule has 24 nitrogen and oxygen atoms in total. The van der Waals surface area contributed by atoms with E-state index in [1.807, 2.05) is 32.9 Å². The number of unbranched alkanes of at least 4 members (excludes halogenated alkanes) is 4. The number of fused-ring (bicyclic) bond motifs is 1. The molecule has 9 N–H and O–H groups in total. The number of azide groups is 1. The number of carboxylic acid groups (broad SMARTS) is 1. The first-order valence-corrected chi connectivity index (χ1v) is 24.7. The van der Waals surface area contributed by atoms with Crippen LogP contribution in [-0.4, -0.2) is 192 Å². The third-order valence-electron chi connectivity index (χ3n) is 10.7. The molecule has 0 unspecified atom stereocenters. The van der Waals surface area contributed by atoms with E-state index in [1.54, 1.807) is 0 Å². The maximum atomic E-state index is 12.9. The topological polar surface area (TPSA) is 329 Å². The molecule has 2 saturated heterocycles. The first-order valence-electron chi connectivity index (χ1n) is 23.7. The Morgan fingerprint density at radius 1 is 0.721 bits per heavy atom. The number of hydrogen-bond donors (Lipinski definition) is 9. The predicted molar refractivity (Wildman–Crippen MR) is 253 cm³/mol. The van der Waals surface area contributed by atoms with Crippen LogP contribution < -0.4 is 42.5 Å². The number of carbonyl (C=O) groups is 8. The summed E-state index contributed by atoms with van der Waals surface area (Å²) in [5, 5.41) is 34.5. The van der Waals surface area contributed by atoms with Crippen molar-refractivity contribution in [1.29, 1.82) is 0 Å². The average Bonchev–Trinajstić information content (AvgIpc) is 3.84. The summed E-state index contributed by atoms with van der Waals surface area (Å²) >= 11 is 1.88. The van der Waals surface area contributed by atoms with Gasteiger partial charge in [-0.05, 0) is 63.3 Å².